The Kier molecular flexibility index (Phi) is 17.9. The van der Waals surface area contributed by atoms with Crippen molar-refractivity contribution < 1.29 is 64.1 Å². The third-order valence-corrected chi connectivity index (χ3v) is 16.7. The Labute approximate surface area is 418 Å². The van der Waals surface area contributed by atoms with Gasteiger partial charge in [-0.05, 0) is 105 Å². The molecule has 2 amide bonds. The van der Waals surface area contributed by atoms with Crippen LogP contribution in [0, 0.1) is 0 Å². The quantitative estimate of drug-likeness (QED) is 0.0374. The molecule has 16 nitrogen and oxygen atoms in total. The molecule has 1 aliphatic carbocycles. The maximum absolute atomic E-state index is 13.2. The van der Waals surface area contributed by atoms with Crippen LogP contribution in [0.25, 0.3) is 11.1 Å². The maximum atomic E-state index is 13.2. The number of hydroxylamine groups is 2. The van der Waals surface area contributed by atoms with E-state index in [1.54, 1.807) is 32.4 Å². The number of imide groups is 1. The molecule has 3 aromatic carbocycles. The molecule has 18 heteroatoms. The largest absolute Gasteiger partial charge is 0.382 e. The van der Waals surface area contributed by atoms with Gasteiger partial charge in [0.05, 0.1) is 54.0 Å². The molecule has 1 saturated heterocycles. The molecule has 384 valence electrons. The van der Waals surface area contributed by atoms with Crippen LogP contribution in [0.15, 0.2) is 94.4 Å². The van der Waals surface area contributed by atoms with Gasteiger partial charge >= 0.3 is 5.97 Å². The lowest BCUT2D eigenvalue weighted by molar-refractivity contribution is -0.438. The Balaban J connectivity index is 1.18. The number of methoxy groups -OCH3 is 2. The van der Waals surface area contributed by atoms with E-state index in [-0.39, 0.29) is 40.2 Å². The first-order valence-corrected chi connectivity index (χ1v) is 27.7. The molecule has 1 spiro atoms. The van der Waals surface area contributed by atoms with Gasteiger partial charge in [0, 0.05) is 87.6 Å². The summed E-state index contributed by atoms with van der Waals surface area (Å²) >= 11 is 0. The van der Waals surface area contributed by atoms with E-state index in [0.29, 0.717) is 83.5 Å². The molecule has 0 bridgehead atoms. The number of allylic oxidation sites excluding steroid dienone is 4. The van der Waals surface area contributed by atoms with Gasteiger partial charge in [-0.25, -0.2) is 13.2 Å². The number of sulfone groups is 1. The predicted octanol–water partition coefficient (Wildman–Crippen LogP) is 7.80. The first-order chi connectivity index (χ1) is 34.0. The second kappa shape index (κ2) is 23.6. The Hall–Kier alpha value is -5.08. The van der Waals surface area contributed by atoms with Gasteiger partial charge < -0.3 is 28.7 Å². The van der Waals surface area contributed by atoms with E-state index in [2.05, 4.69) is 45.9 Å². The van der Waals surface area contributed by atoms with Crippen LogP contribution >= 0.6 is 0 Å². The minimum Gasteiger partial charge on any atom is -0.382 e. The minimum absolute atomic E-state index is 0.0124. The summed E-state index contributed by atoms with van der Waals surface area (Å²) in [5.74, 6) is -1.70. The van der Waals surface area contributed by atoms with Gasteiger partial charge in [0.2, 0.25) is 5.69 Å². The molecule has 2 fully saturated rings. The number of hydrogen-bond donors (Lipinski definition) is 1. The number of fused-ring (bicyclic) bond motifs is 3. The average molecular weight is 1020 g/mol. The van der Waals surface area contributed by atoms with Crippen LogP contribution in [-0.4, -0.2) is 127 Å². The number of anilines is 1. The first kappa shape index (κ1) is 53.7. The summed E-state index contributed by atoms with van der Waals surface area (Å²) in [5.41, 5.74) is 6.88. The fraction of sp³-hybridized carbons (Fsp3) is 0.509. The number of unbranched alkanes of at least 4 members (excludes halogenated alkanes) is 2. The van der Waals surface area contributed by atoms with E-state index >= 15 is 0 Å². The van der Waals surface area contributed by atoms with Gasteiger partial charge in [-0.1, -0.05) is 43.5 Å². The number of ether oxygens (including phenoxy) is 4. The van der Waals surface area contributed by atoms with Gasteiger partial charge in [0.1, 0.15) is 6.54 Å². The van der Waals surface area contributed by atoms with Gasteiger partial charge in [0.15, 0.2) is 15.5 Å². The highest BCUT2D eigenvalue weighted by atomic mass is 32.2. The molecule has 3 aliphatic heterocycles. The average Bonchev–Trinajstić information content (AvgIpc) is 3.87. The third kappa shape index (κ3) is 12.4. The van der Waals surface area contributed by atoms with E-state index in [0.717, 1.165) is 71.6 Å². The zero-order valence-corrected chi connectivity index (χ0v) is 43.0. The highest BCUT2D eigenvalue weighted by Crippen LogP contribution is 2.56. The van der Waals surface area contributed by atoms with E-state index in [4.69, 9.17) is 23.8 Å². The van der Waals surface area contributed by atoms with E-state index in [1.807, 2.05) is 26.0 Å². The second-order valence-electron chi connectivity index (χ2n) is 19.0. The lowest BCUT2D eigenvalue weighted by Gasteiger charge is -2.37. The van der Waals surface area contributed by atoms with Crippen molar-refractivity contribution >= 4 is 54.8 Å². The summed E-state index contributed by atoms with van der Waals surface area (Å²) in [5, 5.41) is 0.562. The molecular weight excluding hydrogens is 951 g/mol. The molecule has 71 heavy (non-hydrogen) atoms. The molecule has 0 unspecified atom stereocenters. The lowest BCUT2D eigenvalue weighted by atomic mass is 9.68. The summed E-state index contributed by atoms with van der Waals surface area (Å²) in [4.78, 5) is 43.9. The van der Waals surface area contributed by atoms with Gasteiger partial charge in [-0.15, -0.1) is 5.06 Å². The summed E-state index contributed by atoms with van der Waals surface area (Å²) in [7, 11) is -4.75. The van der Waals surface area contributed by atoms with Crippen molar-refractivity contribution in [3.8, 4) is 11.1 Å². The van der Waals surface area contributed by atoms with Crippen molar-refractivity contribution in [2.75, 3.05) is 77.6 Å². The number of benzene rings is 3. The summed E-state index contributed by atoms with van der Waals surface area (Å²) < 4.78 is 85.2. The minimum atomic E-state index is -4.48. The van der Waals surface area contributed by atoms with Crippen LogP contribution in [0.4, 0.5) is 11.4 Å². The van der Waals surface area contributed by atoms with Gasteiger partial charge in [-0.3, -0.25) is 14.1 Å². The molecule has 3 heterocycles. The van der Waals surface area contributed by atoms with Crippen molar-refractivity contribution in [2.45, 2.75) is 112 Å². The Morgan fingerprint density at radius 1 is 0.746 bits per heavy atom. The first-order valence-electron chi connectivity index (χ1n) is 24.6. The Morgan fingerprint density at radius 2 is 1.41 bits per heavy atom. The molecule has 0 atom stereocenters. The monoisotopic (exact) mass is 1020 g/mol. The topological polar surface area (TPSA) is 195 Å². The van der Waals surface area contributed by atoms with Crippen LogP contribution in [-0.2, 0) is 69.0 Å². The van der Waals surface area contributed by atoms with E-state index in [1.165, 1.54) is 17.7 Å². The second-order valence-corrected chi connectivity index (χ2v) is 22.5. The molecule has 1 saturated carbocycles. The van der Waals surface area contributed by atoms with Crippen molar-refractivity contribution in [1.29, 1.82) is 0 Å². The number of nitrogens with zero attached hydrogens (tertiary/aromatic N) is 3. The van der Waals surface area contributed by atoms with Crippen LogP contribution in [0.3, 0.4) is 0 Å². The van der Waals surface area contributed by atoms with Gasteiger partial charge in [-0.2, -0.15) is 13.0 Å². The van der Waals surface area contributed by atoms with Crippen molar-refractivity contribution in [3.05, 3.63) is 95.7 Å². The predicted molar refractivity (Wildman–Crippen MR) is 268 cm³/mol. The van der Waals surface area contributed by atoms with Crippen molar-refractivity contribution in [1.82, 2.24) is 5.06 Å². The summed E-state index contributed by atoms with van der Waals surface area (Å²) in [6.07, 6.45) is 13.7. The molecule has 0 radical (unpaired) electrons. The Morgan fingerprint density at radius 3 is 2.08 bits per heavy atom. The summed E-state index contributed by atoms with van der Waals surface area (Å²) in [6.45, 7) is 7.82. The highest BCUT2D eigenvalue weighted by Gasteiger charge is 2.48. The maximum Gasteiger partial charge on any atom is 0.333 e. The smallest absolute Gasteiger partial charge is 0.333 e. The highest BCUT2D eigenvalue weighted by molar-refractivity contribution is 7.91. The molecular formula is C53H68N3O13S2+. The van der Waals surface area contributed by atoms with Crippen molar-refractivity contribution in [3.63, 3.8) is 0 Å². The fourth-order valence-corrected chi connectivity index (χ4v) is 12.1. The molecule has 1 N–H and O–H groups in total. The zero-order chi connectivity index (χ0) is 50.8. The number of amides is 2. The van der Waals surface area contributed by atoms with E-state index < -0.39 is 43.2 Å². The normalized spacial score (nSPS) is 18.1. The molecule has 4 aliphatic rings. The van der Waals surface area contributed by atoms with Crippen LogP contribution in [0.2, 0.25) is 0 Å². The molecule has 0 aromatic heterocycles. The number of rotatable bonds is 25. The number of carbonyl (C=O) groups is 3. The SMILES string of the molecule is COCCOCCCS(=O)(=O)c1ccc(-c2ccc3c(c2)C2(CCCCC2)C(=CC=CC2=[N+](CCCCCC(=O)ON4C(=O)CCC4=O)c4ccc(S(=O)(=O)O)cc4C2(C)C)N3CCOCCOC)cc1. The standard InChI is InChI=1S/C53H67N3O13S2/c1-52(2)43-38-42(71(62,63)64)21-23-45(43)54(28-10-5-7-15-51(59)69-56-49(57)24-25-50(56)58)47(52)13-11-14-48-53(26-8-6-9-27-53)44-37-40(18-22-46(44)55(48)29-31-68-35-33-66-4)39-16-19-41(20-17-39)70(60,61)36-12-30-67-34-32-65-3/h11,13-14,16-23,37-38H,5-10,12,15,24-36H2,1-4H3/p+1. The number of carbonyl (C=O) groups excluding carboxylic acids is 3. The summed E-state index contributed by atoms with van der Waals surface area (Å²) in [6, 6.07) is 18.3. The molecule has 3 aromatic rings. The number of hydrogen-bond acceptors (Lipinski definition) is 13. The van der Waals surface area contributed by atoms with E-state index in [9.17, 15) is 35.8 Å². The van der Waals surface area contributed by atoms with Crippen LogP contribution in [0.5, 0.6) is 0 Å². The molecule has 7 rings (SSSR count). The third-order valence-electron chi connectivity index (χ3n) is 14.0. The Bertz CT molecular complexity index is 2730. The van der Waals surface area contributed by atoms with Crippen LogP contribution in [0.1, 0.15) is 102 Å². The fourth-order valence-electron chi connectivity index (χ4n) is 10.3. The zero-order valence-electron chi connectivity index (χ0n) is 41.4. The van der Waals surface area contributed by atoms with Crippen LogP contribution < -0.4 is 4.90 Å². The van der Waals surface area contributed by atoms with Crippen molar-refractivity contribution in [2.24, 2.45) is 0 Å². The van der Waals surface area contributed by atoms with Gasteiger partial charge in [0.25, 0.3) is 21.9 Å². The lowest BCUT2D eigenvalue weighted by Crippen LogP contribution is -2.34.